The number of thiazole rings is 1. The fraction of sp³-hybridized carbons (Fsp3) is 0.650. The molecule has 2 aromatic heterocycles. The highest BCUT2D eigenvalue weighted by Gasteiger charge is 2.20. The lowest BCUT2D eigenvalue weighted by Gasteiger charge is -2.31. The maximum atomic E-state index is 4.70. The predicted octanol–water partition coefficient (Wildman–Crippen LogP) is 2.37. The van der Waals surface area contributed by atoms with Crippen molar-refractivity contribution in [3.63, 3.8) is 0 Å². The zero-order chi connectivity index (χ0) is 19.6. The third-order valence-corrected chi connectivity index (χ3v) is 6.23. The minimum Gasteiger partial charge on any atom is -0.356 e. The summed E-state index contributed by atoms with van der Waals surface area (Å²) in [5.41, 5.74) is 1.23. The molecule has 1 aliphatic heterocycles. The largest absolute Gasteiger partial charge is 0.356 e. The first-order valence-electron chi connectivity index (χ1n) is 10.3. The normalized spacial score (nSPS) is 16.4. The van der Waals surface area contributed by atoms with E-state index in [1.807, 2.05) is 30.2 Å². The van der Waals surface area contributed by atoms with Crippen LogP contribution in [0.5, 0.6) is 0 Å². The van der Waals surface area contributed by atoms with Crippen molar-refractivity contribution in [3.8, 4) is 0 Å². The fourth-order valence-electron chi connectivity index (χ4n) is 3.50. The standard InChI is InChI=1S/C20H33N7S/c1-3-19-25-18(16-28-19)15-26-12-6-17(7-13-26)14-23-20(21-2)22-8-4-10-27-11-5-9-24-27/h5,9,11,16-17H,3-4,6-8,10,12-15H2,1-2H3,(H2,21,22,23). The molecule has 0 aromatic carbocycles. The van der Waals surface area contributed by atoms with Gasteiger partial charge in [0.2, 0.25) is 0 Å². The monoisotopic (exact) mass is 403 g/mol. The molecule has 8 heteroatoms. The van der Waals surface area contributed by atoms with E-state index in [-0.39, 0.29) is 0 Å². The van der Waals surface area contributed by atoms with Gasteiger partial charge in [0.05, 0.1) is 10.7 Å². The van der Waals surface area contributed by atoms with Gasteiger partial charge < -0.3 is 10.6 Å². The smallest absolute Gasteiger partial charge is 0.190 e. The van der Waals surface area contributed by atoms with Crippen molar-refractivity contribution in [1.82, 2.24) is 30.3 Å². The third kappa shape index (κ3) is 6.60. The van der Waals surface area contributed by atoms with Gasteiger partial charge in [-0.15, -0.1) is 11.3 Å². The zero-order valence-electron chi connectivity index (χ0n) is 17.1. The van der Waals surface area contributed by atoms with Gasteiger partial charge >= 0.3 is 0 Å². The number of hydrogen-bond donors (Lipinski definition) is 2. The van der Waals surface area contributed by atoms with Crippen molar-refractivity contribution in [3.05, 3.63) is 34.5 Å². The molecule has 1 saturated heterocycles. The van der Waals surface area contributed by atoms with Gasteiger partial charge in [-0.3, -0.25) is 14.6 Å². The lowest BCUT2D eigenvalue weighted by Crippen LogP contribution is -2.43. The van der Waals surface area contributed by atoms with Gasteiger partial charge in [-0.05, 0) is 50.8 Å². The third-order valence-electron chi connectivity index (χ3n) is 5.19. The highest BCUT2D eigenvalue weighted by atomic mass is 32.1. The molecule has 0 spiro atoms. The van der Waals surface area contributed by atoms with Crippen molar-refractivity contribution >= 4 is 17.3 Å². The van der Waals surface area contributed by atoms with Gasteiger partial charge in [0.25, 0.3) is 0 Å². The van der Waals surface area contributed by atoms with Crippen LogP contribution < -0.4 is 10.6 Å². The maximum Gasteiger partial charge on any atom is 0.190 e. The number of hydrogen-bond acceptors (Lipinski definition) is 5. The van der Waals surface area contributed by atoms with Crippen LogP contribution in [0.1, 0.15) is 36.9 Å². The number of nitrogens with zero attached hydrogens (tertiary/aromatic N) is 5. The molecule has 2 N–H and O–H groups in total. The highest BCUT2D eigenvalue weighted by Crippen LogP contribution is 2.19. The van der Waals surface area contributed by atoms with Crippen LogP contribution in [-0.4, -0.2) is 58.9 Å². The van der Waals surface area contributed by atoms with Crippen molar-refractivity contribution in [2.75, 3.05) is 33.2 Å². The van der Waals surface area contributed by atoms with Gasteiger partial charge in [-0.25, -0.2) is 4.98 Å². The van der Waals surface area contributed by atoms with Crippen molar-refractivity contribution < 1.29 is 0 Å². The Kier molecular flexibility index (Phi) is 8.29. The molecular weight excluding hydrogens is 370 g/mol. The van der Waals surface area contributed by atoms with Gasteiger partial charge in [0, 0.05) is 51.0 Å². The second kappa shape index (κ2) is 11.2. The lowest BCUT2D eigenvalue weighted by molar-refractivity contribution is 0.176. The fourth-order valence-corrected chi connectivity index (χ4v) is 4.24. The number of aryl methyl sites for hydroxylation is 2. The summed E-state index contributed by atoms with van der Waals surface area (Å²) < 4.78 is 1.96. The number of likely N-dealkylation sites (tertiary alicyclic amines) is 1. The van der Waals surface area contributed by atoms with Gasteiger partial charge in [-0.1, -0.05) is 6.92 Å². The van der Waals surface area contributed by atoms with Crippen LogP contribution in [0.3, 0.4) is 0 Å². The summed E-state index contributed by atoms with van der Waals surface area (Å²) in [6, 6.07) is 1.96. The maximum absolute atomic E-state index is 4.70. The summed E-state index contributed by atoms with van der Waals surface area (Å²) in [7, 11) is 1.84. The summed E-state index contributed by atoms with van der Waals surface area (Å²) >= 11 is 1.79. The summed E-state index contributed by atoms with van der Waals surface area (Å²) in [6.45, 7) is 8.28. The highest BCUT2D eigenvalue weighted by molar-refractivity contribution is 7.09. The number of guanidine groups is 1. The molecule has 3 heterocycles. The molecule has 0 unspecified atom stereocenters. The predicted molar refractivity (Wildman–Crippen MR) is 116 cm³/mol. The second-order valence-electron chi connectivity index (χ2n) is 7.31. The SMILES string of the molecule is CCc1nc(CN2CCC(CNC(=NC)NCCCn3cccn3)CC2)cs1. The summed E-state index contributed by atoms with van der Waals surface area (Å²) in [5.74, 6) is 1.61. The molecule has 0 aliphatic carbocycles. The Labute approximate surface area is 172 Å². The summed E-state index contributed by atoms with van der Waals surface area (Å²) in [4.78, 5) is 11.6. The van der Waals surface area contributed by atoms with Crippen molar-refractivity contribution in [2.24, 2.45) is 10.9 Å². The van der Waals surface area contributed by atoms with E-state index in [2.05, 4.69) is 37.9 Å². The Morgan fingerprint density at radius 1 is 1.32 bits per heavy atom. The minimum atomic E-state index is 0.709. The topological polar surface area (TPSA) is 70.4 Å². The molecule has 28 heavy (non-hydrogen) atoms. The van der Waals surface area contributed by atoms with Gasteiger partial charge in [0.15, 0.2) is 5.96 Å². The van der Waals surface area contributed by atoms with E-state index in [1.165, 1.54) is 23.5 Å². The average Bonchev–Trinajstić information content (AvgIpc) is 3.40. The van der Waals surface area contributed by atoms with E-state index in [4.69, 9.17) is 4.98 Å². The van der Waals surface area contributed by atoms with E-state index < -0.39 is 0 Å². The Bertz CT molecular complexity index is 702. The van der Waals surface area contributed by atoms with Crippen LogP contribution in [0.4, 0.5) is 0 Å². The Morgan fingerprint density at radius 2 is 2.18 bits per heavy atom. The lowest BCUT2D eigenvalue weighted by atomic mass is 9.97. The summed E-state index contributed by atoms with van der Waals surface area (Å²) in [5, 5.41) is 14.6. The Hall–Kier alpha value is -1.93. The van der Waals surface area contributed by atoms with E-state index in [0.717, 1.165) is 58.1 Å². The number of rotatable bonds is 9. The van der Waals surface area contributed by atoms with E-state index >= 15 is 0 Å². The van der Waals surface area contributed by atoms with Crippen LogP contribution >= 0.6 is 11.3 Å². The minimum absolute atomic E-state index is 0.709. The molecule has 0 saturated carbocycles. The van der Waals surface area contributed by atoms with Gasteiger partial charge in [0.1, 0.15) is 0 Å². The molecule has 7 nitrogen and oxygen atoms in total. The molecule has 1 aliphatic rings. The number of nitrogens with one attached hydrogen (secondary N) is 2. The number of aromatic nitrogens is 3. The van der Waals surface area contributed by atoms with E-state index in [9.17, 15) is 0 Å². The second-order valence-corrected chi connectivity index (χ2v) is 8.25. The quantitative estimate of drug-likeness (QED) is 0.382. The molecule has 1 fully saturated rings. The zero-order valence-corrected chi connectivity index (χ0v) is 17.9. The molecule has 0 radical (unpaired) electrons. The van der Waals surface area contributed by atoms with Crippen LogP contribution in [0.15, 0.2) is 28.8 Å². The van der Waals surface area contributed by atoms with Crippen LogP contribution in [0.25, 0.3) is 0 Å². The molecule has 154 valence electrons. The average molecular weight is 404 g/mol. The molecular formula is C20H33N7S. The van der Waals surface area contributed by atoms with Crippen LogP contribution in [-0.2, 0) is 19.5 Å². The molecule has 2 aromatic rings. The summed E-state index contributed by atoms with van der Waals surface area (Å²) in [6.07, 6.45) is 8.34. The van der Waals surface area contributed by atoms with Crippen molar-refractivity contribution in [1.29, 1.82) is 0 Å². The van der Waals surface area contributed by atoms with Crippen molar-refractivity contribution in [2.45, 2.75) is 45.7 Å². The Balaban J connectivity index is 1.29. The molecule has 0 atom stereocenters. The number of aliphatic imine (C=N–C) groups is 1. The van der Waals surface area contributed by atoms with Gasteiger partial charge in [-0.2, -0.15) is 5.10 Å². The first-order valence-corrected chi connectivity index (χ1v) is 11.2. The Morgan fingerprint density at radius 3 is 2.86 bits per heavy atom. The van der Waals surface area contributed by atoms with Crippen LogP contribution in [0, 0.1) is 5.92 Å². The first kappa shape index (κ1) is 20.8. The molecule has 0 amide bonds. The van der Waals surface area contributed by atoms with E-state index in [0.29, 0.717) is 5.92 Å². The number of piperidine rings is 1. The van der Waals surface area contributed by atoms with Crippen LogP contribution in [0.2, 0.25) is 0 Å². The molecule has 3 rings (SSSR count). The first-order chi connectivity index (χ1) is 13.8. The molecule has 0 bridgehead atoms. The van der Waals surface area contributed by atoms with E-state index in [1.54, 1.807) is 11.3 Å².